The van der Waals surface area contributed by atoms with Crippen LogP contribution in [0.2, 0.25) is 0 Å². The van der Waals surface area contributed by atoms with Crippen LogP contribution in [0.25, 0.3) is 11.1 Å². The van der Waals surface area contributed by atoms with Crippen molar-refractivity contribution in [1.29, 1.82) is 0 Å². The van der Waals surface area contributed by atoms with Crippen LogP contribution in [0.4, 0.5) is 13.2 Å². The van der Waals surface area contributed by atoms with Gasteiger partial charge in [0.05, 0.1) is 12.6 Å². The van der Waals surface area contributed by atoms with Crippen LogP contribution in [0.1, 0.15) is 36.1 Å². The molecule has 0 spiro atoms. The Morgan fingerprint density at radius 2 is 2.03 bits per heavy atom. The lowest BCUT2D eigenvalue weighted by molar-refractivity contribution is -0.274. The monoisotopic (exact) mass is 419 g/mol. The van der Waals surface area contributed by atoms with E-state index in [2.05, 4.69) is 35.7 Å². The molecule has 0 radical (unpaired) electrons. The molecule has 1 N–H and O–H groups in total. The molecule has 1 aromatic carbocycles. The minimum Gasteiger partial charge on any atom is -0.406 e. The maximum atomic E-state index is 12.7. The first kappa shape index (κ1) is 21.8. The van der Waals surface area contributed by atoms with E-state index in [-0.39, 0.29) is 23.6 Å². The summed E-state index contributed by atoms with van der Waals surface area (Å²) in [6, 6.07) is 7.41. The van der Waals surface area contributed by atoms with E-state index in [9.17, 15) is 18.0 Å². The smallest absolute Gasteiger partial charge is 0.406 e. The summed E-state index contributed by atoms with van der Waals surface area (Å²) in [5.41, 5.74) is 2.17. The molecule has 0 saturated heterocycles. The second-order valence-corrected chi connectivity index (χ2v) is 7.80. The van der Waals surface area contributed by atoms with Crippen LogP contribution in [-0.2, 0) is 0 Å². The Bertz CT molecular complexity index is 997. The van der Waals surface area contributed by atoms with Crippen molar-refractivity contribution in [3.05, 3.63) is 41.7 Å². The molecule has 0 fully saturated rings. The molecule has 8 heteroatoms. The van der Waals surface area contributed by atoms with Crippen LogP contribution in [0, 0.1) is 17.8 Å². The summed E-state index contributed by atoms with van der Waals surface area (Å²) < 4.78 is 44.0. The average Bonchev–Trinajstić information content (AvgIpc) is 3.01. The normalized spacial score (nSPS) is 16.2. The minimum absolute atomic E-state index is 0.00952. The Labute approximate surface area is 173 Å². The highest BCUT2D eigenvalue weighted by Crippen LogP contribution is 2.35. The summed E-state index contributed by atoms with van der Waals surface area (Å²) in [4.78, 5) is 14.4. The molecule has 5 nitrogen and oxygen atoms in total. The summed E-state index contributed by atoms with van der Waals surface area (Å²) in [5, 5.41) is 2.89. The largest absolute Gasteiger partial charge is 0.573 e. The van der Waals surface area contributed by atoms with Gasteiger partial charge in [-0.25, -0.2) is 0 Å². The summed E-state index contributed by atoms with van der Waals surface area (Å²) >= 11 is 0. The van der Waals surface area contributed by atoms with Crippen molar-refractivity contribution in [3.8, 4) is 28.7 Å². The van der Waals surface area contributed by atoms with Crippen LogP contribution in [0.15, 0.2) is 30.3 Å². The third kappa shape index (κ3) is 4.79. The lowest BCUT2D eigenvalue weighted by atomic mass is 10.0. The van der Waals surface area contributed by atoms with Crippen LogP contribution < -0.4 is 10.1 Å². The highest BCUT2D eigenvalue weighted by atomic mass is 19.4. The first-order chi connectivity index (χ1) is 14.1. The van der Waals surface area contributed by atoms with Crippen molar-refractivity contribution in [2.75, 3.05) is 27.2 Å². The van der Waals surface area contributed by atoms with E-state index in [0.717, 1.165) is 0 Å². The van der Waals surface area contributed by atoms with E-state index in [4.69, 9.17) is 0 Å². The first-order valence-corrected chi connectivity index (χ1v) is 9.60. The summed E-state index contributed by atoms with van der Waals surface area (Å²) in [5.74, 6) is 5.92. The second kappa shape index (κ2) is 8.44. The van der Waals surface area contributed by atoms with E-state index in [1.165, 1.54) is 18.2 Å². The Kier molecular flexibility index (Phi) is 6.13. The molecule has 1 aliphatic rings. The Morgan fingerprint density at radius 1 is 1.30 bits per heavy atom. The zero-order valence-corrected chi connectivity index (χ0v) is 17.3. The van der Waals surface area contributed by atoms with Crippen LogP contribution in [0.3, 0.4) is 0 Å². The van der Waals surface area contributed by atoms with Gasteiger partial charge in [-0.3, -0.25) is 9.69 Å². The molecule has 2 aromatic rings. The SMILES string of the molecule is CC(C)[C@H]1CNC(=O)c2cc(-c3cccc(OC(F)(F)F)c3)c(C#CCN(C)C)n21. The molecule has 0 bridgehead atoms. The fourth-order valence-electron chi connectivity index (χ4n) is 3.45. The van der Waals surface area contributed by atoms with E-state index in [0.29, 0.717) is 35.6 Å². The van der Waals surface area contributed by atoms with Crippen LogP contribution in [-0.4, -0.2) is 48.9 Å². The van der Waals surface area contributed by atoms with Gasteiger partial charge in [-0.2, -0.15) is 0 Å². The number of ether oxygens (including phenoxy) is 1. The first-order valence-electron chi connectivity index (χ1n) is 9.60. The molecule has 0 saturated carbocycles. The standard InChI is InChI=1S/C22H24F3N3O2/c1-14(2)20-13-26-21(29)19-12-17(18(28(19)20)9-6-10-27(3)4)15-7-5-8-16(11-15)30-22(23,24)25/h5,7-8,11-12,14,20H,10,13H2,1-4H3,(H,26,29)/t20-/m1/s1. The summed E-state index contributed by atoms with van der Waals surface area (Å²) in [6.45, 7) is 5.09. The van der Waals surface area contributed by atoms with E-state index in [1.54, 1.807) is 12.1 Å². The fraction of sp³-hybridized carbons (Fsp3) is 0.409. The van der Waals surface area contributed by atoms with Gasteiger partial charge in [0.15, 0.2) is 0 Å². The number of hydrogen-bond donors (Lipinski definition) is 1. The van der Waals surface area contributed by atoms with Gasteiger partial charge < -0.3 is 14.6 Å². The zero-order valence-electron chi connectivity index (χ0n) is 17.3. The van der Waals surface area contributed by atoms with E-state index >= 15 is 0 Å². The predicted octanol–water partition coefficient (Wildman–Crippen LogP) is 3.91. The van der Waals surface area contributed by atoms with Gasteiger partial charge in [0.25, 0.3) is 5.91 Å². The number of fused-ring (bicyclic) bond motifs is 1. The molecule has 1 aliphatic heterocycles. The van der Waals surface area contributed by atoms with Gasteiger partial charge in [0.1, 0.15) is 17.1 Å². The molecule has 2 heterocycles. The fourth-order valence-corrected chi connectivity index (χ4v) is 3.45. The number of rotatable bonds is 4. The van der Waals surface area contributed by atoms with Crippen molar-refractivity contribution in [3.63, 3.8) is 0 Å². The number of carbonyl (C=O) groups is 1. The quantitative estimate of drug-likeness (QED) is 0.765. The molecule has 0 aliphatic carbocycles. The van der Waals surface area contributed by atoms with Crippen molar-refractivity contribution < 1.29 is 22.7 Å². The number of nitrogens with zero attached hydrogens (tertiary/aromatic N) is 2. The van der Waals surface area contributed by atoms with Crippen LogP contribution in [0.5, 0.6) is 5.75 Å². The molecular weight excluding hydrogens is 395 g/mol. The van der Waals surface area contributed by atoms with E-state index in [1.807, 2.05) is 23.6 Å². The van der Waals surface area contributed by atoms with E-state index < -0.39 is 6.36 Å². The number of nitrogens with one attached hydrogen (secondary N) is 1. The number of benzene rings is 1. The van der Waals surface area contributed by atoms with Crippen molar-refractivity contribution in [1.82, 2.24) is 14.8 Å². The molecule has 3 rings (SSSR count). The minimum atomic E-state index is -4.78. The number of carbonyl (C=O) groups excluding carboxylic acids is 1. The Hall–Kier alpha value is -2.92. The third-order valence-corrected chi connectivity index (χ3v) is 4.82. The Balaban J connectivity index is 2.17. The molecule has 1 amide bonds. The molecule has 0 unspecified atom stereocenters. The van der Waals surface area contributed by atoms with Crippen LogP contribution >= 0.6 is 0 Å². The molecule has 160 valence electrons. The van der Waals surface area contributed by atoms with Gasteiger partial charge in [0.2, 0.25) is 0 Å². The number of hydrogen-bond acceptors (Lipinski definition) is 3. The van der Waals surface area contributed by atoms with Gasteiger partial charge >= 0.3 is 6.36 Å². The highest BCUT2D eigenvalue weighted by Gasteiger charge is 2.33. The number of amides is 1. The predicted molar refractivity (Wildman–Crippen MR) is 108 cm³/mol. The molecule has 1 atom stereocenters. The summed E-state index contributed by atoms with van der Waals surface area (Å²) in [6.07, 6.45) is -4.78. The zero-order chi connectivity index (χ0) is 22.1. The summed E-state index contributed by atoms with van der Waals surface area (Å²) in [7, 11) is 3.79. The maximum Gasteiger partial charge on any atom is 0.573 e. The molecule has 1 aromatic heterocycles. The second-order valence-electron chi connectivity index (χ2n) is 7.80. The number of aromatic nitrogens is 1. The van der Waals surface area contributed by atoms with Crippen molar-refractivity contribution >= 4 is 5.91 Å². The lowest BCUT2D eigenvalue weighted by Gasteiger charge is -2.30. The van der Waals surface area contributed by atoms with Crippen molar-refractivity contribution in [2.45, 2.75) is 26.3 Å². The third-order valence-electron chi connectivity index (χ3n) is 4.82. The average molecular weight is 419 g/mol. The Morgan fingerprint density at radius 3 is 2.67 bits per heavy atom. The van der Waals surface area contributed by atoms with Gasteiger partial charge in [-0.05, 0) is 49.7 Å². The van der Waals surface area contributed by atoms with Gasteiger partial charge in [-0.15, -0.1) is 13.2 Å². The number of alkyl halides is 3. The van der Waals surface area contributed by atoms with Gasteiger partial charge in [-0.1, -0.05) is 31.9 Å². The topological polar surface area (TPSA) is 46.5 Å². The van der Waals surface area contributed by atoms with Crippen molar-refractivity contribution in [2.24, 2.45) is 5.92 Å². The lowest BCUT2D eigenvalue weighted by Crippen LogP contribution is -2.41. The molecular formula is C22H24F3N3O2. The van der Waals surface area contributed by atoms with Gasteiger partial charge in [0, 0.05) is 12.1 Å². The molecule has 30 heavy (non-hydrogen) atoms. The number of halogens is 3. The maximum absolute atomic E-state index is 12.7. The highest BCUT2D eigenvalue weighted by molar-refractivity contribution is 5.96.